The molecule has 0 unspecified atom stereocenters. The molecule has 4 nitrogen and oxygen atoms in total. The van der Waals surface area contributed by atoms with E-state index in [9.17, 15) is 22.4 Å². The molecule has 0 bridgehead atoms. The molecule has 1 rings (SSSR count). The minimum Gasteiger partial charge on any atom is -0.460 e. The molecule has 0 radical (unpaired) electrons. The molecule has 0 aromatic carbocycles. The van der Waals surface area contributed by atoms with Crippen molar-refractivity contribution in [3.8, 4) is 0 Å². The van der Waals surface area contributed by atoms with Crippen LogP contribution in [-0.2, 0) is 9.53 Å². The van der Waals surface area contributed by atoms with Crippen LogP contribution in [-0.4, -0.2) is 29.6 Å². The number of esters is 1. The molecule has 0 aliphatic carbocycles. The van der Waals surface area contributed by atoms with E-state index in [1.165, 1.54) is 14.0 Å². The van der Waals surface area contributed by atoms with Gasteiger partial charge < -0.3 is 9.64 Å². The van der Waals surface area contributed by atoms with E-state index in [0.717, 1.165) is 4.90 Å². The molecule has 8 heteroatoms. The molecule has 0 saturated heterocycles. The van der Waals surface area contributed by atoms with Crippen molar-refractivity contribution in [1.29, 1.82) is 0 Å². The summed E-state index contributed by atoms with van der Waals surface area (Å²) in [4.78, 5) is 15.1. The van der Waals surface area contributed by atoms with Gasteiger partial charge in [-0.25, -0.2) is 0 Å². The molecule has 22 heavy (non-hydrogen) atoms. The first-order valence-electron chi connectivity index (χ1n) is 6.58. The number of halogens is 4. The van der Waals surface area contributed by atoms with Crippen LogP contribution in [0.25, 0.3) is 0 Å². The Morgan fingerprint density at radius 2 is 1.64 bits per heavy atom. The molecule has 0 N–H and O–H groups in total. The Balaban J connectivity index is 2.97. The van der Waals surface area contributed by atoms with Crippen LogP contribution in [0.4, 0.5) is 23.2 Å². The van der Waals surface area contributed by atoms with Crippen molar-refractivity contribution in [2.24, 2.45) is 0 Å². The van der Waals surface area contributed by atoms with Crippen molar-refractivity contribution >= 4 is 11.7 Å². The maximum atomic E-state index is 13.7. The lowest BCUT2D eigenvalue weighted by Gasteiger charge is -2.28. The average Bonchev–Trinajstić information content (AvgIpc) is 2.34. The Labute approximate surface area is 126 Å². The van der Waals surface area contributed by atoms with E-state index in [1.807, 2.05) is 0 Å². The second kappa shape index (κ2) is 6.50. The van der Waals surface area contributed by atoms with Crippen LogP contribution < -0.4 is 4.90 Å². The highest BCUT2D eigenvalue weighted by atomic mass is 19.2. The minimum atomic E-state index is -1.75. The number of nitrogens with zero attached hydrogens (tertiary/aromatic N) is 2. The van der Waals surface area contributed by atoms with Gasteiger partial charge in [-0.1, -0.05) is 0 Å². The maximum Gasteiger partial charge on any atom is 0.308 e. The lowest BCUT2D eigenvalue weighted by molar-refractivity contribution is -0.155. The van der Waals surface area contributed by atoms with Gasteiger partial charge >= 0.3 is 5.97 Å². The Hall–Kier alpha value is -1.86. The van der Waals surface area contributed by atoms with Gasteiger partial charge in [0, 0.05) is 13.1 Å². The number of hydrogen-bond donors (Lipinski definition) is 0. The van der Waals surface area contributed by atoms with Crippen LogP contribution in [0.15, 0.2) is 0 Å². The van der Waals surface area contributed by atoms with Gasteiger partial charge in [0.2, 0.25) is 11.6 Å². The standard InChI is InChI=1S/C14H18F4N2O2/c1-7(6-8(21)22-14(2,3)4)20(5)11-9(15)12(17)19-13(18)10(11)16/h7H,6H2,1-5H3/t7-/m0/s1. The van der Waals surface area contributed by atoms with E-state index in [0.29, 0.717) is 0 Å². The van der Waals surface area contributed by atoms with E-state index in [1.54, 1.807) is 20.8 Å². The quantitative estimate of drug-likeness (QED) is 0.485. The molecular weight excluding hydrogens is 304 g/mol. The van der Waals surface area contributed by atoms with E-state index >= 15 is 0 Å². The summed E-state index contributed by atoms with van der Waals surface area (Å²) >= 11 is 0. The Morgan fingerprint density at radius 1 is 1.18 bits per heavy atom. The van der Waals surface area contributed by atoms with Crippen LogP contribution in [0.3, 0.4) is 0 Å². The van der Waals surface area contributed by atoms with Gasteiger partial charge in [0.15, 0.2) is 0 Å². The predicted octanol–water partition coefficient (Wildman–Crippen LogP) is 3.19. The summed E-state index contributed by atoms with van der Waals surface area (Å²) in [5.41, 5.74) is -1.62. The van der Waals surface area contributed by atoms with Gasteiger partial charge in [0.05, 0.1) is 6.42 Å². The summed E-state index contributed by atoms with van der Waals surface area (Å²) in [5, 5.41) is 0. The summed E-state index contributed by atoms with van der Waals surface area (Å²) in [6.07, 6.45) is -0.210. The third-order valence-electron chi connectivity index (χ3n) is 2.87. The Kier molecular flexibility index (Phi) is 5.37. The highest BCUT2D eigenvalue weighted by molar-refractivity contribution is 5.71. The fraction of sp³-hybridized carbons (Fsp3) is 0.571. The molecule has 0 spiro atoms. The average molecular weight is 322 g/mol. The zero-order valence-electron chi connectivity index (χ0n) is 13.0. The number of rotatable bonds is 4. The number of ether oxygens (including phenoxy) is 1. The van der Waals surface area contributed by atoms with Crippen molar-refractivity contribution in [1.82, 2.24) is 4.98 Å². The first kappa shape index (κ1) is 18.2. The van der Waals surface area contributed by atoms with Gasteiger partial charge in [-0.3, -0.25) is 4.79 Å². The molecular formula is C14H18F4N2O2. The van der Waals surface area contributed by atoms with Gasteiger partial charge in [0.1, 0.15) is 11.3 Å². The van der Waals surface area contributed by atoms with Crippen LogP contribution >= 0.6 is 0 Å². The smallest absolute Gasteiger partial charge is 0.308 e. The molecule has 0 aliphatic heterocycles. The molecule has 1 atom stereocenters. The van der Waals surface area contributed by atoms with E-state index in [2.05, 4.69) is 4.98 Å². The molecule has 124 valence electrons. The molecule has 0 saturated carbocycles. The lowest BCUT2D eigenvalue weighted by Crippen LogP contribution is -2.35. The molecule has 1 heterocycles. The molecule has 0 fully saturated rings. The zero-order valence-corrected chi connectivity index (χ0v) is 13.0. The number of aromatic nitrogens is 1. The number of hydrogen-bond acceptors (Lipinski definition) is 4. The summed E-state index contributed by atoms with van der Waals surface area (Å²) in [7, 11) is 1.22. The Morgan fingerprint density at radius 3 is 2.05 bits per heavy atom. The van der Waals surface area contributed by atoms with Crippen LogP contribution in [0, 0.1) is 23.5 Å². The number of anilines is 1. The lowest BCUT2D eigenvalue weighted by atomic mass is 10.1. The second-order valence-corrected chi connectivity index (χ2v) is 5.92. The highest BCUT2D eigenvalue weighted by Crippen LogP contribution is 2.27. The molecule has 1 aromatic rings. The normalized spacial score (nSPS) is 13.0. The van der Waals surface area contributed by atoms with Crippen LogP contribution in [0.2, 0.25) is 0 Å². The second-order valence-electron chi connectivity index (χ2n) is 5.92. The number of carbonyl (C=O) groups excluding carboxylic acids is 1. The SMILES string of the molecule is C[C@@H](CC(=O)OC(C)(C)C)N(C)c1c(F)c(F)nc(F)c1F. The van der Waals surface area contributed by atoms with Crippen molar-refractivity contribution in [3.05, 3.63) is 23.5 Å². The van der Waals surface area contributed by atoms with E-state index in [-0.39, 0.29) is 6.42 Å². The zero-order chi connectivity index (χ0) is 17.2. The predicted molar refractivity (Wildman–Crippen MR) is 72.4 cm³/mol. The van der Waals surface area contributed by atoms with Gasteiger partial charge in [-0.15, -0.1) is 0 Å². The third-order valence-corrected chi connectivity index (χ3v) is 2.87. The summed E-state index contributed by atoms with van der Waals surface area (Å²) in [6.45, 7) is 6.49. The highest BCUT2D eigenvalue weighted by Gasteiger charge is 2.28. The number of carbonyl (C=O) groups is 1. The molecule has 1 aromatic heterocycles. The van der Waals surface area contributed by atoms with E-state index in [4.69, 9.17) is 4.74 Å². The summed E-state index contributed by atoms with van der Waals surface area (Å²) in [6, 6.07) is -0.750. The fourth-order valence-electron chi connectivity index (χ4n) is 1.77. The van der Waals surface area contributed by atoms with Crippen molar-refractivity contribution in [2.45, 2.75) is 45.8 Å². The third kappa shape index (κ3) is 4.32. The van der Waals surface area contributed by atoms with Crippen molar-refractivity contribution in [3.63, 3.8) is 0 Å². The topological polar surface area (TPSA) is 42.4 Å². The first-order chi connectivity index (χ1) is 9.94. The van der Waals surface area contributed by atoms with Gasteiger partial charge in [-0.2, -0.15) is 22.5 Å². The summed E-state index contributed by atoms with van der Waals surface area (Å²) in [5.74, 6) is -7.31. The molecule has 0 amide bonds. The van der Waals surface area contributed by atoms with Gasteiger partial charge in [0.25, 0.3) is 11.9 Å². The van der Waals surface area contributed by atoms with Crippen molar-refractivity contribution in [2.75, 3.05) is 11.9 Å². The van der Waals surface area contributed by atoms with Crippen LogP contribution in [0.5, 0.6) is 0 Å². The maximum absolute atomic E-state index is 13.7. The Bertz CT molecular complexity index is 547. The minimum absolute atomic E-state index is 0.210. The number of pyridine rings is 1. The summed E-state index contributed by atoms with van der Waals surface area (Å²) < 4.78 is 58.6. The first-order valence-corrected chi connectivity index (χ1v) is 6.58. The van der Waals surface area contributed by atoms with E-state index < -0.39 is 46.8 Å². The van der Waals surface area contributed by atoms with Gasteiger partial charge in [-0.05, 0) is 27.7 Å². The van der Waals surface area contributed by atoms with Crippen LogP contribution in [0.1, 0.15) is 34.1 Å². The fourth-order valence-corrected chi connectivity index (χ4v) is 1.77. The van der Waals surface area contributed by atoms with Crippen molar-refractivity contribution < 1.29 is 27.1 Å². The largest absolute Gasteiger partial charge is 0.460 e. The monoisotopic (exact) mass is 322 g/mol. The molecule has 0 aliphatic rings.